The number of nitriles is 1. The number of hydrogen-bond donors (Lipinski definition) is 2. The Balaban J connectivity index is 2.57. The number of aliphatic hydroxyl groups excluding tert-OH is 2. The summed E-state index contributed by atoms with van der Waals surface area (Å²) >= 11 is 3.14. The molecule has 0 saturated carbocycles. The predicted octanol–water partition coefficient (Wildman–Crippen LogP) is 2.88. The van der Waals surface area contributed by atoms with Crippen LogP contribution in [0.3, 0.4) is 0 Å². The highest BCUT2D eigenvalue weighted by atomic mass is 79.9. The number of alkyl halides is 2. The average molecular weight is 369 g/mol. The Kier molecular flexibility index (Phi) is 4.86. The molecule has 2 aromatic rings. The molecule has 1 aromatic carbocycles. The van der Waals surface area contributed by atoms with Crippen LogP contribution in [-0.2, 0) is 5.92 Å². The quantitative estimate of drug-likeness (QED) is 0.813. The molecular weight excluding hydrogens is 358 g/mol. The number of halogens is 3. The van der Waals surface area contributed by atoms with Gasteiger partial charge in [0.25, 0.3) is 5.92 Å². The van der Waals surface area contributed by atoms with Crippen molar-refractivity contribution in [1.29, 1.82) is 5.26 Å². The van der Waals surface area contributed by atoms with Gasteiger partial charge in [0.1, 0.15) is 17.3 Å². The number of rotatable bonds is 4. The molecule has 0 spiro atoms. The fraction of sp³-hybridized carbons (Fsp3) is 0.200. The molecule has 114 valence electrons. The molecule has 2 N–H and O–H groups in total. The van der Waals surface area contributed by atoms with Gasteiger partial charge in [0.2, 0.25) is 0 Å². The summed E-state index contributed by atoms with van der Waals surface area (Å²) in [5.74, 6) is -3.57. The highest BCUT2D eigenvalue weighted by Crippen LogP contribution is 2.35. The lowest BCUT2D eigenvalue weighted by Crippen LogP contribution is -2.22. The van der Waals surface area contributed by atoms with Crippen molar-refractivity contribution in [2.75, 3.05) is 6.61 Å². The maximum absolute atomic E-state index is 13.9. The van der Waals surface area contributed by atoms with Crippen LogP contribution in [0.25, 0.3) is 0 Å². The van der Waals surface area contributed by atoms with Gasteiger partial charge in [-0.2, -0.15) is 14.0 Å². The zero-order chi connectivity index (χ0) is 16.3. The predicted molar refractivity (Wildman–Crippen MR) is 78.1 cm³/mol. The van der Waals surface area contributed by atoms with Crippen LogP contribution in [0.2, 0.25) is 0 Å². The van der Waals surface area contributed by atoms with Crippen molar-refractivity contribution in [3.05, 3.63) is 63.4 Å². The van der Waals surface area contributed by atoms with Crippen LogP contribution in [0.1, 0.15) is 28.5 Å². The summed E-state index contributed by atoms with van der Waals surface area (Å²) in [5, 5.41) is 28.1. The Bertz CT molecular complexity index is 732. The van der Waals surface area contributed by atoms with E-state index in [9.17, 15) is 13.9 Å². The zero-order valence-corrected chi connectivity index (χ0v) is 12.8. The third-order valence-corrected chi connectivity index (χ3v) is 3.53. The number of nitrogens with zero attached hydrogens (tertiary/aromatic N) is 2. The number of aliphatic hydroxyl groups is 2. The zero-order valence-electron chi connectivity index (χ0n) is 11.2. The smallest absolute Gasteiger partial charge is 0.296 e. The first kappa shape index (κ1) is 16.5. The summed E-state index contributed by atoms with van der Waals surface area (Å²) in [6.07, 6.45) is -1.40. The number of benzene rings is 1. The summed E-state index contributed by atoms with van der Waals surface area (Å²) in [6, 6.07) is 10.0. The molecule has 1 aromatic heterocycles. The van der Waals surface area contributed by atoms with E-state index in [1.165, 1.54) is 18.2 Å². The topological polar surface area (TPSA) is 77.1 Å². The van der Waals surface area contributed by atoms with Gasteiger partial charge in [-0.3, -0.25) is 0 Å². The van der Waals surface area contributed by atoms with Crippen molar-refractivity contribution in [2.45, 2.75) is 12.0 Å². The second-order valence-corrected chi connectivity index (χ2v) is 5.38. The Hall–Kier alpha value is -1.88. The summed E-state index contributed by atoms with van der Waals surface area (Å²) < 4.78 is 28.3. The van der Waals surface area contributed by atoms with E-state index in [1.54, 1.807) is 18.2 Å². The van der Waals surface area contributed by atoms with Crippen LogP contribution in [-0.4, -0.2) is 21.8 Å². The SMILES string of the molecule is N#Cc1ccc(C(O)c2cccc(Br)n2)c(C(F)(F)CO)c1. The monoisotopic (exact) mass is 368 g/mol. The third kappa shape index (κ3) is 3.30. The van der Waals surface area contributed by atoms with Gasteiger partial charge in [-0.25, -0.2) is 4.98 Å². The maximum atomic E-state index is 13.9. The minimum absolute atomic E-state index is 0.0151. The molecule has 1 atom stereocenters. The van der Waals surface area contributed by atoms with E-state index >= 15 is 0 Å². The van der Waals surface area contributed by atoms with E-state index < -0.39 is 24.2 Å². The van der Waals surface area contributed by atoms with E-state index in [4.69, 9.17) is 10.4 Å². The standard InChI is InChI=1S/C15H11BrF2N2O2/c16-13-3-1-2-12(20-13)14(22)10-5-4-9(7-19)6-11(10)15(17,18)8-21/h1-6,14,21-22H,8H2. The summed E-state index contributed by atoms with van der Waals surface area (Å²) in [6.45, 7) is -1.42. The molecule has 7 heteroatoms. The van der Waals surface area contributed by atoms with Gasteiger partial charge in [-0.15, -0.1) is 0 Å². The van der Waals surface area contributed by atoms with Gasteiger partial charge < -0.3 is 10.2 Å². The summed E-state index contributed by atoms with van der Waals surface area (Å²) in [5.41, 5.74) is -0.512. The molecule has 1 unspecified atom stereocenters. The Morgan fingerprint density at radius 2 is 2.05 bits per heavy atom. The van der Waals surface area contributed by atoms with Gasteiger partial charge >= 0.3 is 0 Å². The number of aromatic nitrogens is 1. The molecule has 0 aliphatic heterocycles. The van der Waals surface area contributed by atoms with E-state index in [1.807, 2.05) is 0 Å². The van der Waals surface area contributed by atoms with Crippen LogP contribution < -0.4 is 0 Å². The summed E-state index contributed by atoms with van der Waals surface area (Å²) in [4.78, 5) is 4.04. The fourth-order valence-electron chi connectivity index (χ4n) is 2.00. The lowest BCUT2D eigenvalue weighted by atomic mass is 9.94. The minimum Gasteiger partial charge on any atom is -0.390 e. The molecular formula is C15H11BrF2N2O2. The highest BCUT2D eigenvalue weighted by Gasteiger charge is 2.35. The van der Waals surface area contributed by atoms with Crippen molar-refractivity contribution < 1.29 is 19.0 Å². The van der Waals surface area contributed by atoms with Gasteiger partial charge in [-0.1, -0.05) is 12.1 Å². The molecule has 0 bridgehead atoms. The van der Waals surface area contributed by atoms with Crippen LogP contribution in [0.4, 0.5) is 8.78 Å². The van der Waals surface area contributed by atoms with Gasteiger partial charge in [0.15, 0.2) is 0 Å². The van der Waals surface area contributed by atoms with Crippen LogP contribution in [0.5, 0.6) is 0 Å². The molecule has 0 saturated heterocycles. The molecule has 22 heavy (non-hydrogen) atoms. The van der Waals surface area contributed by atoms with Crippen molar-refractivity contribution in [3.8, 4) is 6.07 Å². The first-order chi connectivity index (χ1) is 10.4. The van der Waals surface area contributed by atoms with Crippen LogP contribution in [0, 0.1) is 11.3 Å². The minimum atomic E-state index is -3.57. The number of pyridine rings is 1. The Morgan fingerprint density at radius 3 is 2.64 bits per heavy atom. The lowest BCUT2D eigenvalue weighted by molar-refractivity contribution is -0.0573. The van der Waals surface area contributed by atoms with E-state index in [0.29, 0.717) is 4.60 Å². The third-order valence-electron chi connectivity index (χ3n) is 3.09. The molecule has 0 radical (unpaired) electrons. The molecule has 0 fully saturated rings. The average Bonchev–Trinajstić information content (AvgIpc) is 2.53. The van der Waals surface area contributed by atoms with Crippen molar-refractivity contribution >= 4 is 15.9 Å². The van der Waals surface area contributed by atoms with Crippen LogP contribution in [0.15, 0.2) is 41.0 Å². The van der Waals surface area contributed by atoms with E-state index in [-0.39, 0.29) is 16.8 Å². The Morgan fingerprint density at radius 1 is 1.32 bits per heavy atom. The second-order valence-electron chi connectivity index (χ2n) is 4.56. The maximum Gasteiger partial charge on any atom is 0.296 e. The molecule has 4 nitrogen and oxygen atoms in total. The largest absolute Gasteiger partial charge is 0.390 e. The lowest BCUT2D eigenvalue weighted by Gasteiger charge is -2.21. The molecule has 0 aliphatic carbocycles. The van der Waals surface area contributed by atoms with Crippen molar-refractivity contribution in [3.63, 3.8) is 0 Å². The first-order valence-electron chi connectivity index (χ1n) is 6.23. The van der Waals surface area contributed by atoms with E-state index in [0.717, 1.165) is 6.07 Å². The fourth-order valence-corrected chi connectivity index (χ4v) is 2.36. The van der Waals surface area contributed by atoms with Crippen molar-refractivity contribution in [2.24, 2.45) is 0 Å². The highest BCUT2D eigenvalue weighted by molar-refractivity contribution is 9.10. The first-order valence-corrected chi connectivity index (χ1v) is 7.02. The molecule has 1 heterocycles. The van der Waals surface area contributed by atoms with Crippen molar-refractivity contribution in [1.82, 2.24) is 4.98 Å². The second kappa shape index (κ2) is 6.48. The Labute approximate surface area is 133 Å². The molecule has 0 aliphatic rings. The van der Waals surface area contributed by atoms with E-state index in [2.05, 4.69) is 20.9 Å². The molecule has 0 amide bonds. The molecule has 2 rings (SSSR count). The van der Waals surface area contributed by atoms with Gasteiger partial charge in [-0.05, 0) is 45.8 Å². The number of hydrogen-bond acceptors (Lipinski definition) is 4. The van der Waals surface area contributed by atoms with Gasteiger partial charge in [0, 0.05) is 5.56 Å². The normalized spacial score (nSPS) is 12.7. The summed E-state index contributed by atoms with van der Waals surface area (Å²) in [7, 11) is 0. The van der Waals surface area contributed by atoms with Gasteiger partial charge in [0.05, 0.1) is 17.3 Å². The van der Waals surface area contributed by atoms with Crippen LogP contribution >= 0.6 is 15.9 Å².